The van der Waals surface area contributed by atoms with Crippen LogP contribution in [0.1, 0.15) is 29.6 Å². The van der Waals surface area contributed by atoms with Crippen LogP contribution in [-0.2, 0) is 24.2 Å². The monoisotopic (exact) mass is 444 g/mol. The first kappa shape index (κ1) is 21.8. The molecule has 4 rings (SSSR count). The van der Waals surface area contributed by atoms with Crippen molar-refractivity contribution in [1.82, 2.24) is 19.7 Å². The van der Waals surface area contributed by atoms with Crippen LogP contribution in [0.25, 0.3) is 0 Å². The van der Waals surface area contributed by atoms with E-state index in [2.05, 4.69) is 15.1 Å². The molecule has 1 aromatic carbocycles. The SMILES string of the molecule is Cc1nc(CCc2cnn(Cc3cc(F)c(F)c(F)c3)c2)nc2c1N(C)C(=O)[C@H](C)N2C. The van der Waals surface area contributed by atoms with Crippen LogP contribution in [0.3, 0.4) is 0 Å². The number of anilines is 2. The number of carbonyl (C=O) groups excluding carboxylic acids is 1. The van der Waals surface area contributed by atoms with Gasteiger partial charge in [-0.05, 0) is 43.5 Å². The van der Waals surface area contributed by atoms with Crippen LogP contribution >= 0.6 is 0 Å². The zero-order valence-electron chi connectivity index (χ0n) is 18.2. The van der Waals surface area contributed by atoms with Gasteiger partial charge in [0.15, 0.2) is 23.3 Å². The number of hydrogen-bond donors (Lipinski definition) is 0. The van der Waals surface area contributed by atoms with Gasteiger partial charge in [0.2, 0.25) is 5.91 Å². The fourth-order valence-corrected chi connectivity index (χ4v) is 3.86. The number of halogens is 3. The molecule has 10 heteroatoms. The lowest BCUT2D eigenvalue weighted by molar-refractivity contribution is -0.119. The molecular weight excluding hydrogens is 421 g/mol. The second-order valence-corrected chi connectivity index (χ2v) is 8.00. The molecule has 1 amide bonds. The van der Waals surface area contributed by atoms with Gasteiger partial charge in [-0.3, -0.25) is 9.48 Å². The molecule has 0 unspecified atom stereocenters. The molecule has 0 fully saturated rings. The summed E-state index contributed by atoms with van der Waals surface area (Å²) in [7, 11) is 3.57. The Morgan fingerprint density at radius 3 is 2.41 bits per heavy atom. The van der Waals surface area contributed by atoms with Crippen LogP contribution in [0, 0.1) is 24.4 Å². The third-order valence-corrected chi connectivity index (χ3v) is 5.74. The Morgan fingerprint density at radius 1 is 1.03 bits per heavy atom. The highest BCUT2D eigenvalue weighted by atomic mass is 19.2. The van der Waals surface area contributed by atoms with Crippen molar-refractivity contribution in [3.63, 3.8) is 0 Å². The predicted octanol–water partition coefficient (Wildman–Crippen LogP) is 3.03. The van der Waals surface area contributed by atoms with Crippen molar-refractivity contribution in [3.05, 3.63) is 64.6 Å². The maximum Gasteiger partial charge on any atom is 0.249 e. The van der Waals surface area contributed by atoms with E-state index >= 15 is 0 Å². The first-order chi connectivity index (χ1) is 15.2. The van der Waals surface area contributed by atoms with Gasteiger partial charge in [-0.15, -0.1) is 0 Å². The Morgan fingerprint density at radius 2 is 1.72 bits per heavy atom. The van der Waals surface area contributed by atoms with E-state index in [1.54, 1.807) is 24.3 Å². The maximum atomic E-state index is 13.4. The van der Waals surface area contributed by atoms with Crippen LogP contribution in [0.2, 0.25) is 0 Å². The Balaban J connectivity index is 1.48. The van der Waals surface area contributed by atoms with Crippen molar-refractivity contribution >= 4 is 17.4 Å². The van der Waals surface area contributed by atoms with E-state index in [0.717, 1.165) is 29.2 Å². The maximum absolute atomic E-state index is 13.4. The molecular formula is C22H23F3N6O. The van der Waals surface area contributed by atoms with Crippen molar-refractivity contribution in [2.75, 3.05) is 23.9 Å². The first-order valence-electron chi connectivity index (χ1n) is 10.2. The summed E-state index contributed by atoms with van der Waals surface area (Å²) in [6.07, 6.45) is 4.60. The lowest BCUT2D eigenvalue weighted by Crippen LogP contribution is -2.50. The lowest BCUT2D eigenvalue weighted by Gasteiger charge is -2.37. The molecule has 32 heavy (non-hydrogen) atoms. The van der Waals surface area contributed by atoms with E-state index in [1.807, 2.05) is 25.8 Å². The summed E-state index contributed by atoms with van der Waals surface area (Å²) in [5, 5.41) is 4.22. The van der Waals surface area contributed by atoms with Crippen LogP contribution < -0.4 is 9.80 Å². The van der Waals surface area contributed by atoms with Crippen molar-refractivity contribution in [1.29, 1.82) is 0 Å². The molecule has 0 aliphatic carbocycles. The van der Waals surface area contributed by atoms with Crippen LogP contribution in [0.15, 0.2) is 24.5 Å². The number of amides is 1. The fourth-order valence-electron chi connectivity index (χ4n) is 3.86. The van der Waals surface area contributed by atoms with Crippen molar-refractivity contribution < 1.29 is 18.0 Å². The molecule has 1 atom stereocenters. The van der Waals surface area contributed by atoms with E-state index in [9.17, 15) is 18.0 Å². The van der Waals surface area contributed by atoms with Gasteiger partial charge in [0.25, 0.3) is 0 Å². The molecule has 0 bridgehead atoms. The molecule has 2 aromatic heterocycles. The summed E-state index contributed by atoms with van der Waals surface area (Å²) in [5.41, 5.74) is 2.63. The van der Waals surface area contributed by atoms with Crippen LogP contribution in [0.4, 0.5) is 24.7 Å². The first-order valence-corrected chi connectivity index (χ1v) is 10.2. The quantitative estimate of drug-likeness (QED) is 0.566. The molecule has 0 saturated heterocycles. The summed E-state index contributed by atoms with van der Waals surface area (Å²) in [6.45, 7) is 3.81. The van der Waals surface area contributed by atoms with Gasteiger partial charge < -0.3 is 9.80 Å². The van der Waals surface area contributed by atoms with Gasteiger partial charge in [-0.2, -0.15) is 5.10 Å². The summed E-state index contributed by atoms with van der Waals surface area (Å²) in [5.74, 6) is -2.56. The summed E-state index contributed by atoms with van der Waals surface area (Å²) >= 11 is 0. The molecule has 168 valence electrons. The van der Waals surface area contributed by atoms with Crippen molar-refractivity contribution in [2.24, 2.45) is 0 Å². The molecule has 0 spiro atoms. The second kappa shape index (κ2) is 8.25. The largest absolute Gasteiger partial charge is 0.346 e. The normalized spacial score (nSPS) is 16.0. The Labute approximate surface area is 183 Å². The smallest absolute Gasteiger partial charge is 0.249 e. The van der Waals surface area contributed by atoms with Gasteiger partial charge in [-0.25, -0.2) is 23.1 Å². The van der Waals surface area contributed by atoms with Crippen molar-refractivity contribution in [2.45, 2.75) is 39.3 Å². The number of fused-ring (bicyclic) bond motifs is 1. The summed E-state index contributed by atoms with van der Waals surface area (Å²) < 4.78 is 41.5. The number of rotatable bonds is 5. The molecule has 1 aliphatic rings. The molecule has 3 aromatic rings. The molecule has 0 radical (unpaired) electrons. The summed E-state index contributed by atoms with van der Waals surface area (Å²) in [4.78, 5) is 25.1. The highest BCUT2D eigenvalue weighted by Gasteiger charge is 2.34. The standard InChI is InChI=1S/C22H23F3N6O/c1-12-20-21(29(3)13(2)22(32)30(20)4)28-18(27-12)6-5-14-9-26-31(10-14)11-15-7-16(23)19(25)17(24)8-15/h7-10,13H,5-6,11H2,1-4H3/t13-/m0/s1. The highest BCUT2D eigenvalue weighted by molar-refractivity contribution is 6.04. The van der Waals surface area contributed by atoms with Crippen LogP contribution in [-0.4, -0.2) is 45.8 Å². The Hall–Kier alpha value is -3.43. The minimum atomic E-state index is -1.48. The van der Waals surface area contributed by atoms with Crippen molar-refractivity contribution in [3.8, 4) is 0 Å². The molecule has 3 heterocycles. The topological polar surface area (TPSA) is 67.2 Å². The fraction of sp³-hybridized carbons (Fsp3) is 0.364. The minimum Gasteiger partial charge on any atom is -0.346 e. The lowest BCUT2D eigenvalue weighted by atomic mass is 10.1. The molecule has 1 aliphatic heterocycles. The van der Waals surface area contributed by atoms with E-state index in [1.165, 1.54) is 4.68 Å². The number of benzene rings is 1. The number of carbonyl (C=O) groups is 1. The number of nitrogens with zero attached hydrogens (tertiary/aromatic N) is 6. The number of likely N-dealkylation sites (N-methyl/N-ethyl adjacent to an activating group) is 2. The minimum absolute atomic E-state index is 0.00668. The summed E-state index contributed by atoms with van der Waals surface area (Å²) in [6, 6.07) is 1.61. The highest BCUT2D eigenvalue weighted by Crippen LogP contribution is 2.34. The van der Waals surface area contributed by atoms with E-state index in [0.29, 0.717) is 24.4 Å². The van der Waals surface area contributed by atoms with Gasteiger partial charge in [0, 0.05) is 26.7 Å². The average Bonchev–Trinajstić information content (AvgIpc) is 3.19. The van der Waals surface area contributed by atoms with E-state index in [4.69, 9.17) is 0 Å². The van der Waals surface area contributed by atoms with Gasteiger partial charge in [0.05, 0.1) is 18.4 Å². The van der Waals surface area contributed by atoms with Gasteiger partial charge in [-0.1, -0.05) is 0 Å². The predicted molar refractivity (Wildman–Crippen MR) is 113 cm³/mol. The van der Waals surface area contributed by atoms with Gasteiger partial charge >= 0.3 is 0 Å². The Bertz CT molecular complexity index is 1170. The molecule has 0 N–H and O–H groups in total. The molecule has 0 saturated carbocycles. The average molecular weight is 444 g/mol. The number of hydrogen-bond acceptors (Lipinski definition) is 5. The third-order valence-electron chi connectivity index (χ3n) is 5.74. The number of aryl methyl sites for hydroxylation is 3. The second-order valence-electron chi connectivity index (χ2n) is 8.00. The van der Waals surface area contributed by atoms with E-state index < -0.39 is 17.5 Å². The third kappa shape index (κ3) is 3.92. The van der Waals surface area contributed by atoms with E-state index in [-0.39, 0.29) is 24.1 Å². The number of aromatic nitrogens is 4. The zero-order chi connectivity index (χ0) is 23.2. The zero-order valence-corrected chi connectivity index (χ0v) is 18.2. The van der Waals surface area contributed by atoms with Crippen LogP contribution in [0.5, 0.6) is 0 Å². The molecule has 7 nitrogen and oxygen atoms in total. The van der Waals surface area contributed by atoms with Gasteiger partial charge in [0.1, 0.15) is 17.6 Å². The Kier molecular flexibility index (Phi) is 5.62.